The minimum atomic E-state index is -0.0233. The smallest absolute Gasteiger partial charge is 0.252 e. The number of hydrogen-bond acceptors (Lipinski definition) is 2. The van der Waals surface area contributed by atoms with Crippen molar-refractivity contribution in [3.05, 3.63) is 64.7 Å². The van der Waals surface area contributed by atoms with Gasteiger partial charge in [0.1, 0.15) is 0 Å². The van der Waals surface area contributed by atoms with Gasteiger partial charge in [0.05, 0.1) is 16.8 Å². The van der Waals surface area contributed by atoms with Gasteiger partial charge in [-0.3, -0.25) is 4.79 Å². The van der Waals surface area contributed by atoms with Crippen molar-refractivity contribution in [2.75, 3.05) is 6.54 Å². The first-order valence-electron chi connectivity index (χ1n) is 10.5. The van der Waals surface area contributed by atoms with Crippen molar-refractivity contribution in [2.24, 2.45) is 0 Å². The molecule has 2 aromatic carbocycles. The molecule has 3 aromatic rings. The maximum atomic E-state index is 13.1. The molecule has 0 aliphatic carbocycles. The molecule has 1 heterocycles. The van der Waals surface area contributed by atoms with E-state index in [9.17, 15) is 4.79 Å². The van der Waals surface area contributed by atoms with Gasteiger partial charge < -0.3 is 5.32 Å². The highest BCUT2D eigenvalue weighted by Gasteiger charge is 2.18. The van der Waals surface area contributed by atoms with Gasteiger partial charge in [0.2, 0.25) is 0 Å². The van der Waals surface area contributed by atoms with E-state index in [0.29, 0.717) is 17.1 Å². The van der Waals surface area contributed by atoms with Gasteiger partial charge >= 0.3 is 0 Å². The summed E-state index contributed by atoms with van der Waals surface area (Å²) in [5.74, 6) is -0.0233. The van der Waals surface area contributed by atoms with Gasteiger partial charge in [-0.15, -0.1) is 0 Å². The number of carbonyl (C=O) groups is 1. The fourth-order valence-corrected chi connectivity index (χ4v) is 3.81. The molecule has 3 rings (SSSR count). The van der Waals surface area contributed by atoms with Crippen LogP contribution in [0.1, 0.15) is 61.4 Å². The Balaban J connectivity index is 1.83. The van der Waals surface area contributed by atoms with Crippen LogP contribution < -0.4 is 5.32 Å². The molecule has 0 radical (unpaired) electrons. The van der Waals surface area contributed by atoms with Crippen molar-refractivity contribution in [1.29, 1.82) is 0 Å². The quantitative estimate of drug-likeness (QED) is 0.389. The molecule has 0 saturated carbocycles. The topological polar surface area (TPSA) is 42.0 Å². The highest BCUT2D eigenvalue weighted by molar-refractivity contribution is 6.30. The van der Waals surface area contributed by atoms with E-state index in [4.69, 9.17) is 16.6 Å². The summed E-state index contributed by atoms with van der Waals surface area (Å²) in [7, 11) is 0. The molecule has 29 heavy (non-hydrogen) atoms. The van der Waals surface area contributed by atoms with Gasteiger partial charge in [0, 0.05) is 22.5 Å². The number of nitrogens with zero attached hydrogens (tertiary/aromatic N) is 1. The average Bonchev–Trinajstić information content (AvgIpc) is 2.73. The Hall–Kier alpha value is -2.39. The van der Waals surface area contributed by atoms with E-state index in [-0.39, 0.29) is 5.91 Å². The van der Waals surface area contributed by atoms with Crippen molar-refractivity contribution < 1.29 is 4.79 Å². The third-order valence-electron chi connectivity index (χ3n) is 5.30. The molecule has 3 nitrogen and oxygen atoms in total. The van der Waals surface area contributed by atoms with Crippen molar-refractivity contribution in [2.45, 2.75) is 52.4 Å². The predicted molar refractivity (Wildman–Crippen MR) is 123 cm³/mol. The predicted octanol–water partition coefficient (Wildman–Crippen LogP) is 6.95. The van der Waals surface area contributed by atoms with Crippen LogP contribution in [-0.4, -0.2) is 17.4 Å². The molecule has 0 spiro atoms. The van der Waals surface area contributed by atoms with E-state index in [0.717, 1.165) is 40.6 Å². The van der Waals surface area contributed by atoms with Crippen LogP contribution in [0.2, 0.25) is 5.02 Å². The maximum absolute atomic E-state index is 13.1. The molecule has 0 fully saturated rings. The molecular weight excluding hydrogens is 380 g/mol. The summed E-state index contributed by atoms with van der Waals surface area (Å²) in [5, 5.41) is 4.70. The maximum Gasteiger partial charge on any atom is 0.252 e. The zero-order valence-electron chi connectivity index (χ0n) is 17.3. The number of para-hydroxylation sites is 1. The van der Waals surface area contributed by atoms with Crippen molar-refractivity contribution in [3.8, 4) is 11.3 Å². The van der Waals surface area contributed by atoms with Gasteiger partial charge in [-0.05, 0) is 37.1 Å². The Kier molecular flexibility index (Phi) is 7.65. The highest BCUT2D eigenvalue weighted by Crippen LogP contribution is 2.30. The molecule has 0 saturated heterocycles. The summed E-state index contributed by atoms with van der Waals surface area (Å²) < 4.78 is 0. The van der Waals surface area contributed by atoms with Crippen molar-refractivity contribution in [1.82, 2.24) is 10.3 Å². The molecule has 0 atom stereocenters. The molecule has 4 heteroatoms. The Labute approximate surface area is 178 Å². The normalized spacial score (nSPS) is 11.0. The zero-order chi connectivity index (χ0) is 20.6. The van der Waals surface area contributed by atoms with Crippen LogP contribution in [0.15, 0.2) is 48.5 Å². The second-order valence-electron chi connectivity index (χ2n) is 7.51. The third kappa shape index (κ3) is 5.36. The molecule has 1 N–H and O–H groups in total. The summed E-state index contributed by atoms with van der Waals surface area (Å²) in [6, 6.07) is 15.4. The largest absolute Gasteiger partial charge is 0.352 e. The molecule has 0 unspecified atom stereocenters. The number of amides is 1. The van der Waals surface area contributed by atoms with Crippen LogP contribution in [0.3, 0.4) is 0 Å². The van der Waals surface area contributed by atoms with Crippen LogP contribution in [0.4, 0.5) is 0 Å². The second-order valence-corrected chi connectivity index (χ2v) is 7.94. The number of halogens is 1. The number of rotatable bonds is 9. The van der Waals surface area contributed by atoms with E-state index in [1.807, 2.05) is 55.5 Å². The lowest BCUT2D eigenvalue weighted by atomic mass is 9.97. The van der Waals surface area contributed by atoms with Gasteiger partial charge in [-0.2, -0.15) is 0 Å². The highest BCUT2D eigenvalue weighted by atomic mass is 35.5. The second kappa shape index (κ2) is 10.4. The molecule has 152 valence electrons. The number of nitrogens with one attached hydrogen (secondary N) is 1. The minimum absolute atomic E-state index is 0.0233. The minimum Gasteiger partial charge on any atom is -0.352 e. The summed E-state index contributed by atoms with van der Waals surface area (Å²) in [6.07, 6.45) is 7.24. The first-order valence-corrected chi connectivity index (χ1v) is 10.9. The average molecular weight is 409 g/mol. The Morgan fingerprint density at radius 2 is 1.66 bits per heavy atom. The molecular formula is C25H29ClN2O. The van der Waals surface area contributed by atoms with Crippen molar-refractivity contribution in [3.63, 3.8) is 0 Å². The molecule has 0 bridgehead atoms. The fraction of sp³-hybridized carbons (Fsp3) is 0.360. The zero-order valence-corrected chi connectivity index (χ0v) is 18.1. The van der Waals surface area contributed by atoms with Gasteiger partial charge in [-0.25, -0.2) is 4.98 Å². The number of unbranched alkanes of at least 4 members (excludes halogenated alkanes) is 5. The van der Waals surface area contributed by atoms with E-state index < -0.39 is 0 Å². The van der Waals surface area contributed by atoms with E-state index in [2.05, 4.69) is 12.2 Å². The Morgan fingerprint density at radius 3 is 2.41 bits per heavy atom. The van der Waals surface area contributed by atoms with Gasteiger partial charge in [0.25, 0.3) is 5.91 Å². The SMILES string of the molecule is CCCCCCCCNC(=O)c1c(C)c(-c2ccc(Cl)cc2)nc2ccccc12. The number of carbonyl (C=O) groups excluding carboxylic acids is 1. The lowest BCUT2D eigenvalue weighted by Crippen LogP contribution is -2.26. The summed E-state index contributed by atoms with van der Waals surface area (Å²) in [6.45, 7) is 4.90. The van der Waals surface area contributed by atoms with E-state index >= 15 is 0 Å². The molecule has 1 aromatic heterocycles. The van der Waals surface area contributed by atoms with Crippen LogP contribution in [0.5, 0.6) is 0 Å². The number of fused-ring (bicyclic) bond motifs is 1. The Morgan fingerprint density at radius 1 is 0.966 bits per heavy atom. The van der Waals surface area contributed by atoms with Gasteiger partial charge in [-0.1, -0.05) is 81.0 Å². The first-order chi connectivity index (χ1) is 14.1. The summed E-state index contributed by atoms with van der Waals surface area (Å²) in [4.78, 5) is 17.9. The fourth-order valence-electron chi connectivity index (χ4n) is 3.68. The van der Waals surface area contributed by atoms with E-state index in [1.165, 1.54) is 25.7 Å². The third-order valence-corrected chi connectivity index (χ3v) is 5.55. The number of hydrogen-bond donors (Lipinski definition) is 1. The number of benzene rings is 2. The van der Waals surface area contributed by atoms with Crippen LogP contribution in [0.25, 0.3) is 22.2 Å². The monoisotopic (exact) mass is 408 g/mol. The molecule has 0 aliphatic heterocycles. The van der Waals surface area contributed by atoms with Crippen molar-refractivity contribution >= 4 is 28.4 Å². The van der Waals surface area contributed by atoms with Crippen LogP contribution in [0, 0.1) is 6.92 Å². The summed E-state index contributed by atoms with van der Waals surface area (Å²) >= 11 is 6.04. The van der Waals surface area contributed by atoms with E-state index in [1.54, 1.807) is 0 Å². The summed E-state index contributed by atoms with van der Waals surface area (Å²) in [5.41, 5.74) is 4.22. The molecule has 1 amide bonds. The molecule has 0 aliphatic rings. The van der Waals surface area contributed by atoms with Gasteiger partial charge in [0.15, 0.2) is 0 Å². The number of aromatic nitrogens is 1. The number of pyridine rings is 1. The Bertz CT molecular complexity index is 966. The standard InChI is InChI=1S/C25H29ClN2O/c1-3-4-5-6-7-10-17-27-25(29)23-18(2)24(19-13-15-20(26)16-14-19)28-22-12-9-8-11-21(22)23/h8-9,11-16H,3-7,10,17H2,1-2H3,(H,27,29). The first kappa shape index (κ1) is 21.3. The van der Waals surface area contributed by atoms with Crippen LogP contribution >= 0.6 is 11.6 Å². The lowest BCUT2D eigenvalue weighted by molar-refractivity contribution is 0.0954. The van der Waals surface area contributed by atoms with Crippen LogP contribution in [-0.2, 0) is 0 Å². The lowest BCUT2D eigenvalue weighted by Gasteiger charge is -2.15.